The summed E-state index contributed by atoms with van der Waals surface area (Å²) < 4.78 is 0. The number of hydrazine groups is 1. The van der Waals surface area contributed by atoms with Crippen LogP contribution in [0.5, 0.6) is 0 Å². The maximum Gasteiger partial charge on any atom is 0.0543 e. The van der Waals surface area contributed by atoms with E-state index >= 15 is 0 Å². The Bertz CT molecular complexity index is 223. The highest BCUT2D eigenvalue weighted by atomic mass is 35.5. The van der Waals surface area contributed by atoms with Crippen molar-refractivity contribution in [2.75, 3.05) is 12.1 Å². The molecule has 0 saturated carbocycles. The number of hydrogen-bond donors (Lipinski definition) is 1. The summed E-state index contributed by atoms with van der Waals surface area (Å²) in [7, 11) is 1.84. The van der Waals surface area contributed by atoms with Crippen LogP contribution in [0.25, 0.3) is 0 Å². The molecule has 0 aliphatic rings. The van der Waals surface area contributed by atoms with Crippen molar-refractivity contribution in [1.82, 2.24) is 0 Å². The van der Waals surface area contributed by atoms with Crippen LogP contribution in [0, 0.1) is 6.92 Å². The van der Waals surface area contributed by atoms with Crippen LogP contribution in [0.15, 0.2) is 24.3 Å². The van der Waals surface area contributed by atoms with E-state index in [2.05, 4.69) is 0 Å². The Balaban J connectivity index is 0.000001000. The van der Waals surface area contributed by atoms with Crippen molar-refractivity contribution in [1.29, 1.82) is 0 Å². The fraction of sp³-hybridized carbons (Fsp3) is 0.250. The minimum absolute atomic E-state index is 0. The monoisotopic (exact) mass is 172 g/mol. The number of nitrogens with zero attached hydrogens (tertiary/aromatic N) is 1. The average Bonchev–Trinajstić information content (AvgIpc) is 1.88. The number of halogens is 1. The lowest BCUT2D eigenvalue weighted by Gasteiger charge is -2.13. The fourth-order valence-corrected chi connectivity index (χ4v) is 0.959. The third kappa shape index (κ3) is 2.41. The smallest absolute Gasteiger partial charge is 0.0543 e. The van der Waals surface area contributed by atoms with Gasteiger partial charge in [-0.25, -0.2) is 5.84 Å². The van der Waals surface area contributed by atoms with Crippen LogP contribution in [0.4, 0.5) is 5.69 Å². The third-order valence-electron chi connectivity index (χ3n) is 1.50. The van der Waals surface area contributed by atoms with Gasteiger partial charge in [-0.2, -0.15) is 0 Å². The zero-order valence-corrected chi connectivity index (χ0v) is 7.56. The van der Waals surface area contributed by atoms with Gasteiger partial charge in [0.05, 0.1) is 5.69 Å². The molecule has 11 heavy (non-hydrogen) atoms. The highest BCUT2D eigenvalue weighted by Crippen LogP contribution is 2.14. The molecule has 0 aliphatic heterocycles. The summed E-state index contributed by atoms with van der Waals surface area (Å²) in [6.45, 7) is 2.04. The van der Waals surface area contributed by atoms with E-state index in [-0.39, 0.29) is 12.4 Å². The number of para-hydroxylation sites is 1. The van der Waals surface area contributed by atoms with Crippen LogP contribution in [-0.4, -0.2) is 7.05 Å². The highest BCUT2D eigenvalue weighted by Gasteiger charge is 1.96. The number of hydrogen-bond acceptors (Lipinski definition) is 2. The third-order valence-corrected chi connectivity index (χ3v) is 1.50. The molecule has 0 bridgehead atoms. The summed E-state index contributed by atoms with van der Waals surface area (Å²) in [6, 6.07) is 8.02. The second kappa shape index (κ2) is 4.21. The highest BCUT2D eigenvalue weighted by molar-refractivity contribution is 5.85. The molecule has 0 unspecified atom stereocenters. The Morgan fingerprint density at radius 2 is 1.82 bits per heavy atom. The Morgan fingerprint density at radius 1 is 1.27 bits per heavy atom. The van der Waals surface area contributed by atoms with Crippen molar-refractivity contribution in [2.45, 2.75) is 6.92 Å². The van der Waals surface area contributed by atoms with Gasteiger partial charge in [0.25, 0.3) is 0 Å². The lowest BCUT2D eigenvalue weighted by molar-refractivity contribution is 1.01. The normalized spacial score (nSPS) is 8.64. The van der Waals surface area contributed by atoms with Gasteiger partial charge in [0.2, 0.25) is 0 Å². The molecule has 2 N–H and O–H groups in total. The number of aryl methyl sites for hydroxylation is 1. The van der Waals surface area contributed by atoms with Gasteiger partial charge in [0.1, 0.15) is 0 Å². The van der Waals surface area contributed by atoms with Gasteiger partial charge in [-0.05, 0) is 18.6 Å². The Labute approximate surface area is 73.4 Å². The van der Waals surface area contributed by atoms with Crippen molar-refractivity contribution in [3.8, 4) is 0 Å². The predicted octanol–water partition coefficient (Wildman–Crippen LogP) is 1.73. The van der Waals surface area contributed by atoms with Crippen LogP contribution < -0.4 is 10.9 Å². The van der Waals surface area contributed by atoms with Crippen LogP contribution >= 0.6 is 12.4 Å². The SMILES string of the molecule is Cc1ccccc1N(C)N.Cl. The first-order valence-corrected chi connectivity index (χ1v) is 3.26. The van der Waals surface area contributed by atoms with Gasteiger partial charge in [-0.15, -0.1) is 12.4 Å². The van der Waals surface area contributed by atoms with E-state index in [0.29, 0.717) is 0 Å². The van der Waals surface area contributed by atoms with Crippen molar-refractivity contribution in [2.24, 2.45) is 5.84 Å². The molecule has 0 aliphatic carbocycles. The van der Waals surface area contributed by atoms with Gasteiger partial charge in [0, 0.05) is 7.05 Å². The largest absolute Gasteiger partial charge is 0.314 e. The number of rotatable bonds is 1. The van der Waals surface area contributed by atoms with Gasteiger partial charge in [-0.1, -0.05) is 18.2 Å². The molecule has 1 aromatic carbocycles. The van der Waals surface area contributed by atoms with Crippen molar-refractivity contribution in [3.05, 3.63) is 29.8 Å². The van der Waals surface area contributed by atoms with Crippen LogP contribution in [0.3, 0.4) is 0 Å². The molecule has 0 fully saturated rings. The van der Waals surface area contributed by atoms with Crippen molar-refractivity contribution >= 4 is 18.1 Å². The van der Waals surface area contributed by atoms with E-state index in [0.717, 1.165) is 5.69 Å². The van der Waals surface area contributed by atoms with Crippen LogP contribution in [0.2, 0.25) is 0 Å². The first-order valence-electron chi connectivity index (χ1n) is 3.26. The molecule has 0 aromatic heterocycles. The first-order chi connectivity index (χ1) is 4.72. The minimum Gasteiger partial charge on any atom is -0.314 e. The fourth-order valence-electron chi connectivity index (χ4n) is 0.959. The predicted molar refractivity (Wildman–Crippen MR) is 51.0 cm³/mol. The zero-order valence-electron chi connectivity index (χ0n) is 6.74. The lowest BCUT2D eigenvalue weighted by Crippen LogP contribution is -2.25. The molecule has 0 heterocycles. The minimum atomic E-state index is 0. The maximum absolute atomic E-state index is 5.55. The molecule has 0 saturated heterocycles. The Morgan fingerprint density at radius 3 is 2.18 bits per heavy atom. The molecule has 0 radical (unpaired) electrons. The molecular weight excluding hydrogens is 160 g/mol. The van der Waals surface area contributed by atoms with Crippen LogP contribution in [-0.2, 0) is 0 Å². The van der Waals surface area contributed by atoms with E-state index in [1.165, 1.54) is 5.56 Å². The zero-order chi connectivity index (χ0) is 7.56. The van der Waals surface area contributed by atoms with Gasteiger partial charge in [-0.3, -0.25) is 0 Å². The second-order valence-electron chi connectivity index (χ2n) is 2.40. The van der Waals surface area contributed by atoms with Crippen molar-refractivity contribution in [3.63, 3.8) is 0 Å². The summed E-state index contributed by atoms with van der Waals surface area (Å²) in [5.74, 6) is 5.55. The molecule has 3 heteroatoms. The summed E-state index contributed by atoms with van der Waals surface area (Å²) in [5.41, 5.74) is 2.27. The number of anilines is 1. The summed E-state index contributed by atoms with van der Waals surface area (Å²) in [6.07, 6.45) is 0. The summed E-state index contributed by atoms with van der Waals surface area (Å²) in [4.78, 5) is 0. The molecule has 62 valence electrons. The molecule has 0 atom stereocenters. The molecule has 0 amide bonds. The standard InChI is InChI=1S/C8H12N2.ClH/c1-7-5-3-4-6-8(7)10(2)9;/h3-6H,9H2,1-2H3;1H. The lowest BCUT2D eigenvalue weighted by atomic mass is 10.2. The summed E-state index contributed by atoms with van der Waals surface area (Å²) >= 11 is 0. The van der Waals surface area contributed by atoms with Gasteiger partial charge in [0.15, 0.2) is 0 Å². The van der Waals surface area contributed by atoms with E-state index in [1.54, 1.807) is 5.01 Å². The van der Waals surface area contributed by atoms with Gasteiger partial charge >= 0.3 is 0 Å². The Hall–Kier alpha value is -0.730. The van der Waals surface area contributed by atoms with Gasteiger partial charge < -0.3 is 5.01 Å². The van der Waals surface area contributed by atoms with Crippen LogP contribution in [0.1, 0.15) is 5.56 Å². The van der Waals surface area contributed by atoms with E-state index < -0.39 is 0 Å². The average molecular weight is 173 g/mol. The van der Waals surface area contributed by atoms with E-state index in [4.69, 9.17) is 5.84 Å². The Kier molecular flexibility index (Phi) is 3.93. The number of benzene rings is 1. The molecular formula is C8H13ClN2. The van der Waals surface area contributed by atoms with E-state index in [9.17, 15) is 0 Å². The molecule has 1 aromatic rings. The summed E-state index contributed by atoms with van der Waals surface area (Å²) in [5, 5.41) is 1.62. The molecule has 2 nitrogen and oxygen atoms in total. The quantitative estimate of drug-likeness (QED) is 0.517. The molecule has 1 rings (SSSR count). The molecule has 0 spiro atoms. The maximum atomic E-state index is 5.55. The van der Waals surface area contributed by atoms with E-state index in [1.807, 2.05) is 38.2 Å². The van der Waals surface area contributed by atoms with Crippen molar-refractivity contribution < 1.29 is 0 Å². The first kappa shape index (κ1) is 10.3. The number of nitrogens with two attached hydrogens (primary N) is 1. The second-order valence-corrected chi connectivity index (χ2v) is 2.40. The topological polar surface area (TPSA) is 29.3 Å².